The summed E-state index contributed by atoms with van der Waals surface area (Å²) in [6.07, 6.45) is 3.84. The molecule has 0 spiro atoms. The van der Waals surface area contributed by atoms with E-state index in [0.29, 0.717) is 13.1 Å². The molecule has 112 valence electrons. The van der Waals surface area contributed by atoms with Crippen LogP contribution in [0.1, 0.15) is 36.0 Å². The first-order valence-electron chi connectivity index (χ1n) is 6.72. The minimum atomic E-state index is -0.730. The quantitative estimate of drug-likeness (QED) is 0.628. The fraction of sp³-hybridized carbons (Fsp3) is 0.462. The first-order valence-corrected chi connectivity index (χ1v) is 6.72. The molecular formula is C13H15N3O5. The molecular weight excluding hydrogens is 278 g/mol. The van der Waals surface area contributed by atoms with Gasteiger partial charge in [0, 0.05) is 25.2 Å². The van der Waals surface area contributed by atoms with Gasteiger partial charge in [-0.1, -0.05) is 12.8 Å². The van der Waals surface area contributed by atoms with Gasteiger partial charge in [0.15, 0.2) is 0 Å². The molecule has 1 saturated heterocycles. The van der Waals surface area contributed by atoms with Crippen LogP contribution in [0.5, 0.6) is 0 Å². The van der Waals surface area contributed by atoms with Crippen molar-refractivity contribution in [1.82, 2.24) is 4.90 Å². The second-order valence-corrected chi connectivity index (χ2v) is 4.96. The molecule has 1 fully saturated rings. The van der Waals surface area contributed by atoms with Crippen LogP contribution in [0.2, 0.25) is 0 Å². The Labute approximate surface area is 120 Å². The number of likely N-dealkylation sites (tertiary alicyclic amines) is 1. The maximum atomic E-state index is 12.4. The van der Waals surface area contributed by atoms with Crippen molar-refractivity contribution in [2.45, 2.75) is 25.7 Å². The van der Waals surface area contributed by atoms with E-state index in [1.807, 2.05) is 0 Å². The third-order valence-corrected chi connectivity index (χ3v) is 3.46. The molecule has 0 bridgehead atoms. The molecule has 0 atom stereocenters. The second-order valence-electron chi connectivity index (χ2n) is 4.96. The molecule has 0 saturated carbocycles. The Morgan fingerprint density at radius 3 is 1.81 bits per heavy atom. The summed E-state index contributed by atoms with van der Waals surface area (Å²) in [6.45, 7) is 1.16. The molecule has 1 aromatic rings. The van der Waals surface area contributed by atoms with Gasteiger partial charge in [-0.15, -0.1) is 0 Å². The van der Waals surface area contributed by atoms with Gasteiger partial charge in [0.25, 0.3) is 17.3 Å². The second kappa shape index (κ2) is 6.29. The minimum Gasteiger partial charge on any atom is -0.339 e. The summed E-state index contributed by atoms with van der Waals surface area (Å²) in [7, 11) is 0. The Morgan fingerprint density at radius 1 is 0.905 bits per heavy atom. The average Bonchev–Trinajstić information content (AvgIpc) is 2.74. The standard InChI is InChI=1S/C13H15N3O5/c17-13(14-5-3-1-2-4-6-14)10-7-11(15(18)19)9-12(8-10)16(20)21/h7-9H,1-6H2. The summed E-state index contributed by atoms with van der Waals surface area (Å²) in [6, 6.07) is 3.06. The highest BCUT2D eigenvalue weighted by Crippen LogP contribution is 2.24. The van der Waals surface area contributed by atoms with Gasteiger partial charge in [0.05, 0.1) is 21.5 Å². The number of nitro groups is 2. The highest BCUT2D eigenvalue weighted by atomic mass is 16.6. The molecule has 8 heteroatoms. The fourth-order valence-electron chi connectivity index (χ4n) is 2.39. The predicted octanol–water partition coefficient (Wildman–Crippen LogP) is 2.52. The SMILES string of the molecule is O=C(c1cc([N+](=O)[O-])cc([N+](=O)[O-])c1)N1CCCCCC1. The van der Waals surface area contributed by atoms with Crippen LogP contribution >= 0.6 is 0 Å². The van der Waals surface area contributed by atoms with Crippen molar-refractivity contribution in [2.24, 2.45) is 0 Å². The van der Waals surface area contributed by atoms with Crippen molar-refractivity contribution < 1.29 is 14.6 Å². The lowest BCUT2D eigenvalue weighted by atomic mass is 10.1. The van der Waals surface area contributed by atoms with Crippen molar-refractivity contribution in [1.29, 1.82) is 0 Å². The molecule has 1 aliphatic heterocycles. The number of hydrogen-bond donors (Lipinski definition) is 0. The van der Waals surface area contributed by atoms with Crippen LogP contribution in [-0.4, -0.2) is 33.7 Å². The van der Waals surface area contributed by atoms with Crippen LogP contribution in [0, 0.1) is 20.2 Å². The van der Waals surface area contributed by atoms with Crippen molar-refractivity contribution in [3.63, 3.8) is 0 Å². The molecule has 0 aliphatic carbocycles. The van der Waals surface area contributed by atoms with E-state index in [-0.39, 0.29) is 11.5 Å². The number of non-ortho nitro benzene ring substituents is 2. The van der Waals surface area contributed by atoms with E-state index < -0.39 is 21.2 Å². The maximum Gasteiger partial charge on any atom is 0.277 e. The van der Waals surface area contributed by atoms with Crippen molar-refractivity contribution in [3.8, 4) is 0 Å². The van der Waals surface area contributed by atoms with Crippen LogP contribution in [0.3, 0.4) is 0 Å². The van der Waals surface area contributed by atoms with E-state index in [0.717, 1.165) is 43.9 Å². The number of hydrogen-bond acceptors (Lipinski definition) is 5. The lowest BCUT2D eigenvalue weighted by molar-refractivity contribution is -0.394. The number of nitrogens with zero attached hydrogens (tertiary/aromatic N) is 3. The molecule has 0 aromatic heterocycles. The van der Waals surface area contributed by atoms with Crippen molar-refractivity contribution >= 4 is 17.3 Å². The molecule has 21 heavy (non-hydrogen) atoms. The first kappa shape index (κ1) is 14.9. The van der Waals surface area contributed by atoms with Crippen LogP contribution in [0.25, 0.3) is 0 Å². The Bertz CT molecular complexity index is 547. The average molecular weight is 293 g/mol. The zero-order chi connectivity index (χ0) is 15.4. The molecule has 8 nitrogen and oxygen atoms in total. The summed E-state index contributed by atoms with van der Waals surface area (Å²) in [5.74, 6) is -0.385. The molecule has 0 radical (unpaired) electrons. The number of carbonyl (C=O) groups is 1. The number of nitro benzene ring substituents is 2. The topological polar surface area (TPSA) is 107 Å². The third-order valence-electron chi connectivity index (χ3n) is 3.46. The van der Waals surface area contributed by atoms with E-state index in [2.05, 4.69) is 0 Å². The highest BCUT2D eigenvalue weighted by molar-refractivity contribution is 5.95. The van der Waals surface area contributed by atoms with E-state index in [4.69, 9.17) is 0 Å². The van der Waals surface area contributed by atoms with E-state index in [1.54, 1.807) is 4.90 Å². The number of carbonyl (C=O) groups excluding carboxylic acids is 1. The van der Waals surface area contributed by atoms with Gasteiger partial charge in [0.2, 0.25) is 0 Å². The van der Waals surface area contributed by atoms with Gasteiger partial charge in [-0.3, -0.25) is 25.0 Å². The molecule has 0 unspecified atom stereocenters. The van der Waals surface area contributed by atoms with E-state index >= 15 is 0 Å². The highest BCUT2D eigenvalue weighted by Gasteiger charge is 2.23. The summed E-state index contributed by atoms with van der Waals surface area (Å²) >= 11 is 0. The molecule has 1 amide bonds. The fourth-order valence-corrected chi connectivity index (χ4v) is 2.39. The molecule has 1 aromatic carbocycles. The zero-order valence-electron chi connectivity index (χ0n) is 11.4. The first-order chi connectivity index (χ1) is 9.99. The van der Waals surface area contributed by atoms with Gasteiger partial charge < -0.3 is 4.90 Å². The smallest absolute Gasteiger partial charge is 0.277 e. The number of amides is 1. The summed E-state index contributed by atoms with van der Waals surface area (Å²) in [4.78, 5) is 34.2. The number of benzene rings is 1. The van der Waals surface area contributed by atoms with E-state index in [9.17, 15) is 25.0 Å². The zero-order valence-corrected chi connectivity index (χ0v) is 11.4. The third kappa shape index (κ3) is 3.53. The molecule has 0 N–H and O–H groups in total. The predicted molar refractivity (Wildman–Crippen MR) is 74.1 cm³/mol. The van der Waals surface area contributed by atoms with Crippen LogP contribution in [-0.2, 0) is 0 Å². The number of rotatable bonds is 3. The summed E-state index contributed by atoms with van der Waals surface area (Å²) in [5.41, 5.74) is -0.887. The Hall–Kier alpha value is -2.51. The lowest BCUT2D eigenvalue weighted by Crippen LogP contribution is -2.31. The monoisotopic (exact) mass is 293 g/mol. The Kier molecular flexibility index (Phi) is 4.46. The molecule has 1 aliphatic rings. The van der Waals surface area contributed by atoms with Gasteiger partial charge in [-0.2, -0.15) is 0 Å². The summed E-state index contributed by atoms with van der Waals surface area (Å²) < 4.78 is 0. The molecule has 2 rings (SSSR count). The summed E-state index contributed by atoms with van der Waals surface area (Å²) in [5, 5.41) is 21.7. The largest absolute Gasteiger partial charge is 0.339 e. The Balaban J connectivity index is 2.34. The van der Waals surface area contributed by atoms with Gasteiger partial charge in [-0.25, -0.2) is 0 Å². The van der Waals surface area contributed by atoms with Crippen LogP contribution in [0.15, 0.2) is 18.2 Å². The van der Waals surface area contributed by atoms with Gasteiger partial charge in [-0.05, 0) is 12.8 Å². The van der Waals surface area contributed by atoms with Gasteiger partial charge in [0.1, 0.15) is 0 Å². The van der Waals surface area contributed by atoms with Gasteiger partial charge >= 0.3 is 0 Å². The molecule has 1 heterocycles. The van der Waals surface area contributed by atoms with Crippen molar-refractivity contribution in [2.75, 3.05) is 13.1 Å². The van der Waals surface area contributed by atoms with Crippen molar-refractivity contribution in [3.05, 3.63) is 44.0 Å². The van der Waals surface area contributed by atoms with Crippen LogP contribution in [0.4, 0.5) is 11.4 Å². The maximum absolute atomic E-state index is 12.4. The van der Waals surface area contributed by atoms with E-state index in [1.165, 1.54) is 0 Å². The normalized spacial score (nSPS) is 15.3. The minimum absolute atomic E-state index is 0.00204. The Morgan fingerprint density at radius 2 is 1.38 bits per heavy atom. The lowest BCUT2D eigenvalue weighted by Gasteiger charge is -2.20. The van der Waals surface area contributed by atoms with Crippen LogP contribution < -0.4 is 0 Å².